The van der Waals surface area contributed by atoms with Gasteiger partial charge < -0.3 is 10.5 Å². The van der Waals surface area contributed by atoms with Crippen molar-refractivity contribution < 1.29 is 13.2 Å². The number of anilines is 1. The topological polar surface area (TPSA) is 98.4 Å². The Labute approximate surface area is 119 Å². The van der Waals surface area contributed by atoms with Gasteiger partial charge in [0.15, 0.2) is 0 Å². The van der Waals surface area contributed by atoms with Crippen LogP contribution in [0.1, 0.15) is 27.7 Å². The molecule has 1 fully saturated rings. The number of nitrogen functional groups attached to an aromatic ring is 1. The first-order chi connectivity index (χ1) is 9.02. The maximum atomic E-state index is 12.6. The van der Waals surface area contributed by atoms with E-state index in [0.29, 0.717) is 0 Å². The summed E-state index contributed by atoms with van der Waals surface area (Å²) in [6.07, 6.45) is 2.46. The Balaban J connectivity index is 2.36. The standard InChI is InChI=1S/C12H20N4O3S/c1-11(2)7-16(8-12(3,4)19-11)20(17,18)9-5-14-10(13)15-6-9/h5-6H,7-8H2,1-4H3,(H2,13,14,15). The highest BCUT2D eigenvalue weighted by molar-refractivity contribution is 7.89. The van der Waals surface area contributed by atoms with E-state index in [1.165, 1.54) is 16.7 Å². The molecule has 8 heteroatoms. The van der Waals surface area contributed by atoms with Crippen LogP contribution in [0.15, 0.2) is 17.3 Å². The molecule has 0 aromatic carbocycles. The summed E-state index contributed by atoms with van der Waals surface area (Å²) in [5.41, 5.74) is 4.28. The Hall–Kier alpha value is -1.25. The maximum absolute atomic E-state index is 12.6. The highest BCUT2D eigenvalue weighted by Crippen LogP contribution is 2.31. The van der Waals surface area contributed by atoms with Crippen LogP contribution in [0.4, 0.5) is 5.95 Å². The molecular weight excluding hydrogens is 280 g/mol. The number of hydrogen-bond acceptors (Lipinski definition) is 6. The van der Waals surface area contributed by atoms with Gasteiger partial charge in [-0.2, -0.15) is 4.31 Å². The molecule has 20 heavy (non-hydrogen) atoms. The van der Waals surface area contributed by atoms with Gasteiger partial charge in [0.05, 0.1) is 23.6 Å². The molecule has 0 aliphatic carbocycles. The maximum Gasteiger partial charge on any atom is 0.246 e. The summed E-state index contributed by atoms with van der Waals surface area (Å²) in [6, 6.07) is 0. The SMILES string of the molecule is CC1(C)CN(S(=O)(=O)c2cnc(N)nc2)CC(C)(C)O1. The highest BCUT2D eigenvalue weighted by atomic mass is 32.2. The summed E-state index contributed by atoms with van der Waals surface area (Å²) in [5.74, 6) is 0.0478. The van der Waals surface area contributed by atoms with Gasteiger partial charge in [-0.1, -0.05) is 0 Å². The first-order valence-corrected chi connectivity index (χ1v) is 7.74. The van der Waals surface area contributed by atoms with E-state index >= 15 is 0 Å². The average Bonchev–Trinajstić information content (AvgIpc) is 2.25. The third kappa shape index (κ3) is 3.08. The Morgan fingerprint density at radius 2 is 1.60 bits per heavy atom. The molecule has 2 rings (SSSR count). The molecular formula is C12H20N4O3S. The summed E-state index contributed by atoms with van der Waals surface area (Å²) in [4.78, 5) is 7.53. The zero-order valence-electron chi connectivity index (χ0n) is 12.1. The van der Waals surface area contributed by atoms with Gasteiger partial charge in [0.1, 0.15) is 4.90 Å². The van der Waals surface area contributed by atoms with Crippen LogP contribution in [0.25, 0.3) is 0 Å². The molecule has 1 aliphatic rings. The van der Waals surface area contributed by atoms with Gasteiger partial charge in [-0.05, 0) is 27.7 Å². The lowest BCUT2D eigenvalue weighted by Gasteiger charge is -2.46. The van der Waals surface area contributed by atoms with Gasteiger partial charge in [0.25, 0.3) is 0 Å². The molecule has 0 radical (unpaired) electrons. The van der Waals surface area contributed by atoms with E-state index in [0.717, 1.165) is 0 Å². The number of morpholine rings is 1. The summed E-state index contributed by atoms with van der Waals surface area (Å²) in [5, 5.41) is 0. The van der Waals surface area contributed by atoms with Crippen molar-refractivity contribution in [1.29, 1.82) is 0 Å². The molecule has 0 unspecified atom stereocenters. The molecule has 2 N–H and O–H groups in total. The van der Waals surface area contributed by atoms with Crippen LogP contribution in [0.3, 0.4) is 0 Å². The lowest BCUT2D eigenvalue weighted by atomic mass is 10.0. The molecule has 112 valence electrons. The fraction of sp³-hybridized carbons (Fsp3) is 0.667. The van der Waals surface area contributed by atoms with Gasteiger partial charge in [0, 0.05) is 13.1 Å². The Kier molecular flexibility index (Phi) is 3.52. The predicted octanol–water partition coefficient (Wildman–Crippen LogP) is 0.637. The van der Waals surface area contributed by atoms with E-state index in [4.69, 9.17) is 10.5 Å². The molecule has 0 spiro atoms. The number of nitrogens with two attached hydrogens (primary N) is 1. The number of aromatic nitrogens is 2. The predicted molar refractivity (Wildman–Crippen MR) is 74.4 cm³/mol. The molecule has 1 saturated heterocycles. The van der Waals surface area contributed by atoms with Crippen LogP contribution in [0.2, 0.25) is 0 Å². The number of sulfonamides is 1. The number of rotatable bonds is 2. The summed E-state index contributed by atoms with van der Waals surface area (Å²) in [6.45, 7) is 8.05. The van der Waals surface area contributed by atoms with Crippen LogP contribution in [0.5, 0.6) is 0 Å². The molecule has 7 nitrogen and oxygen atoms in total. The quantitative estimate of drug-likeness (QED) is 0.860. The highest BCUT2D eigenvalue weighted by Gasteiger charge is 2.43. The number of ether oxygens (including phenoxy) is 1. The average molecular weight is 300 g/mol. The van der Waals surface area contributed by atoms with Gasteiger partial charge in [0.2, 0.25) is 16.0 Å². The van der Waals surface area contributed by atoms with Crippen molar-refractivity contribution in [3.05, 3.63) is 12.4 Å². The van der Waals surface area contributed by atoms with Crippen molar-refractivity contribution in [2.24, 2.45) is 0 Å². The van der Waals surface area contributed by atoms with Crippen molar-refractivity contribution in [3.63, 3.8) is 0 Å². The first kappa shape index (κ1) is 15.1. The molecule has 0 atom stereocenters. The zero-order valence-corrected chi connectivity index (χ0v) is 12.9. The van der Waals surface area contributed by atoms with Gasteiger partial charge in [-0.25, -0.2) is 18.4 Å². The molecule has 0 amide bonds. The third-order valence-corrected chi connectivity index (χ3v) is 4.70. The minimum Gasteiger partial charge on any atom is -0.368 e. The molecule has 1 aromatic heterocycles. The fourth-order valence-electron chi connectivity index (χ4n) is 2.50. The largest absolute Gasteiger partial charge is 0.368 e. The third-order valence-electron chi connectivity index (χ3n) is 2.95. The van der Waals surface area contributed by atoms with Crippen molar-refractivity contribution >= 4 is 16.0 Å². The van der Waals surface area contributed by atoms with E-state index < -0.39 is 21.2 Å². The second kappa shape index (κ2) is 4.64. The van der Waals surface area contributed by atoms with E-state index in [1.54, 1.807) is 0 Å². The Morgan fingerprint density at radius 3 is 2.05 bits per heavy atom. The van der Waals surface area contributed by atoms with Crippen LogP contribution >= 0.6 is 0 Å². The van der Waals surface area contributed by atoms with Crippen molar-refractivity contribution in [3.8, 4) is 0 Å². The van der Waals surface area contributed by atoms with Crippen molar-refractivity contribution in [1.82, 2.24) is 14.3 Å². The number of nitrogens with zero attached hydrogens (tertiary/aromatic N) is 3. The molecule has 2 heterocycles. The second-order valence-corrected chi connectivity index (χ2v) is 8.11. The van der Waals surface area contributed by atoms with E-state index in [1.807, 2.05) is 27.7 Å². The van der Waals surface area contributed by atoms with E-state index in [9.17, 15) is 8.42 Å². The lowest BCUT2D eigenvalue weighted by molar-refractivity contribution is -0.163. The zero-order chi connectivity index (χ0) is 15.2. The normalized spacial score (nSPS) is 22.6. The van der Waals surface area contributed by atoms with Crippen LogP contribution in [0, 0.1) is 0 Å². The smallest absolute Gasteiger partial charge is 0.246 e. The number of hydrogen-bond donors (Lipinski definition) is 1. The molecule has 0 bridgehead atoms. The van der Waals surface area contributed by atoms with Gasteiger partial charge in [-0.15, -0.1) is 0 Å². The van der Waals surface area contributed by atoms with Crippen molar-refractivity contribution in [2.75, 3.05) is 18.8 Å². The molecule has 0 saturated carbocycles. The second-order valence-electron chi connectivity index (χ2n) is 6.17. The first-order valence-electron chi connectivity index (χ1n) is 6.30. The summed E-state index contributed by atoms with van der Waals surface area (Å²) >= 11 is 0. The van der Waals surface area contributed by atoms with Gasteiger partial charge >= 0.3 is 0 Å². The summed E-state index contributed by atoms with van der Waals surface area (Å²) < 4.78 is 32.5. The van der Waals surface area contributed by atoms with E-state index in [-0.39, 0.29) is 23.9 Å². The summed E-state index contributed by atoms with van der Waals surface area (Å²) in [7, 11) is -3.65. The van der Waals surface area contributed by atoms with Crippen LogP contribution in [-0.2, 0) is 14.8 Å². The Morgan fingerprint density at radius 1 is 1.15 bits per heavy atom. The lowest BCUT2D eigenvalue weighted by Crippen LogP contribution is -2.58. The van der Waals surface area contributed by atoms with Crippen LogP contribution < -0.4 is 5.73 Å². The molecule has 1 aliphatic heterocycles. The van der Waals surface area contributed by atoms with E-state index in [2.05, 4.69) is 9.97 Å². The van der Waals surface area contributed by atoms with Crippen molar-refractivity contribution in [2.45, 2.75) is 43.8 Å². The van der Waals surface area contributed by atoms with Gasteiger partial charge in [-0.3, -0.25) is 0 Å². The van der Waals surface area contributed by atoms with Crippen LogP contribution in [-0.4, -0.2) is 47.0 Å². The molecule has 1 aromatic rings. The minimum absolute atomic E-state index is 0.0419. The Bertz CT molecular complexity index is 580. The monoisotopic (exact) mass is 300 g/mol. The minimum atomic E-state index is -3.65. The fourth-order valence-corrected chi connectivity index (χ4v) is 4.13.